The van der Waals surface area contributed by atoms with Gasteiger partial charge in [0, 0.05) is 48.8 Å². The molecule has 0 bridgehead atoms. The van der Waals surface area contributed by atoms with Gasteiger partial charge in [-0.2, -0.15) is 0 Å². The van der Waals surface area contributed by atoms with E-state index in [9.17, 15) is 0 Å². The summed E-state index contributed by atoms with van der Waals surface area (Å²) in [5, 5.41) is 3.60. The number of rotatable bonds is 3. The highest BCUT2D eigenvalue weighted by Gasteiger charge is 2.26. The first kappa shape index (κ1) is 12.5. The van der Waals surface area contributed by atoms with E-state index < -0.39 is 0 Å². The average molecular weight is 262 g/mol. The highest BCUT2D eigenvalue weighted by molar-refractivity contribution is 7.99. The van der Waals surface area contributed by atoms with Gasteiger partial charge < -0.3 is 5.32 Å². The van der Waals surface area contributed by atoms with Crippen LogP contribution in [0.1, 0.15) is 24.8 Å². The predicted octanol–water partition coefficient (Wildman–Crippen LogP) is 2.56. The van der Waals surface area contributed by atoms with Crippen molar-refractivity contribution in [3.05, 3.63) is 29.8 Å². The number of nitrogens with zero attached hydrogens (tertiary/aromatic N) is 1. The number of fused-ring (bicyclic) bond motifs is 1. The van der Waals surface area contributed by atoms with E-state index in [1.165, 1.54) is 36.7 Å². The van der Waals surface area contributed by atoms with Crippen molar-refractivity contribution in [1.29, 1.82) is 0 Å². The van der Waals surface area contributed by atoms with Crippen LogP contribution in [0, 0.1) is 0 Å². The fraction of sp³-hybridized carbons (Fsp3) is 0.600. The van der Waals surface area contributed by atoms with Gasteiger partial charge in [-0.25, -0.2) is 0 Å². The van der Waals surface area contributed by atoms with E-state index in [-0.39, 0.29) is 0 Å². The Morgan fingerprint density at radius 3 is 3.17 bits per heavy atom. The van der Waals surface area contributed by atoms with Gasteiger partial charge in [0.25, 0.3) is 0 Å². The molecule has 0 spiro atoms. The van der Waals surface area contributed by atoms with Gasteiger partial charge in [0.2, 0.25) is 0 Å². The third-order valence-corrected chi connectivity index (χ3v) is 5.36. The monoisotopic (exact) mass is 262 g/mol. The van der Waals surface area contributed by atoms with Gasteiger partial charge in [0.05, 0.1) is 0 Å². The summed E-state index contributed by atoms with van der Waals surface area (Å²) in [7, 11) is 0. The van der Waals surface area contributed by atoms with Crippen molar-refractivity contribution >= 4 is 11.8 Å². The summed E-state index contributed by atoms with van der Waals surface area (Å²) in [4.78, 5) is 4.16. The average Bonchev–Trinajstić information content (AvgIpc) is 2.83. The molecule has 2 heterocycles. The molecule has 2 aliphatic rings. The maximum Gasteiger partial charge on any atom is 0.0192 e. The SMILES string of the molecule is CCC1CN(CC2CSc3ccccc32)CCN1. The topological polar surface area (TPSA) is 15.3 Å². The van der Waals surface area contributed by atoms with Crippen molar-refractivity contribution in [3.8, 4) is 0 Å². The molecule has 18 heavy (non-hydrogen) atoms. The summed E-state index contributed by atoms with van der Waals surface area (Å²) in [5.74, 6) is 2.00. The molecule has 2 unspecified atom stereocenters. The van der Waals surface area contributed by atoms with Crippen molar-refractivity contribution in [2.24, 2.45) is 0 Å². The summed E-state index contributed by atoms with van der Waals surface area (Å²) >= 11 is 2.03. The molecular weight excluding hydrogens is 240 g/mol. The Morgan fingerprint density at radius 2 is 2.28 bits per heavy atom. The molecule has 3 rings (SSSR count). The Balaban J connectivity index is 1.64. The van der Waals surface area contributed by atoms with E-state index in [0.29, 0.717) is 6.04 Å². The molecule has 1 aromatic carbocycles. The molecule has 1 fully saturated rings. The predicted molar refractivity (Wildman–Crippen MR) is 78.4 cm³/mol. The van der Waals surface area contributed by atoms with Crippen molar-refractivity contribution in [3.63, 3.8) is 0 Å². The van der Waals surface area contributed by atoms with Crippen LogP contribution in [-0.4, -0.2) is 42.9 Å². The lowest BCUT2D eigenvalue weighted by atomic mass is 10.00. The van der Waals surface area contributed by atoms with Crippen LogP contribution in [-0.2, 0) is 0 Å². The Kier molecular flexibility index (Phi) is 3.92. The Bertz CT molecular complexity index is 407. The Hall–Kier alpha value is -0.510. The lowest BCUT2D eigenvalue weighted by Gasteiger charge is -2.34. The van der Waals surface area contributed by atoms with Gasteiger partial charge in [0.1, 0.15) is 0 Å². The molecule has 2 aliphatic heterocycles. The largest absolute Gasteiger partial charge is 0.311 e. The summed E-state index contributed by atoms with van der Waals surface area (Å²) < 4.78 is 0. The Morgan fingerprint density at radius 1 is 1.39 bits per heavy atom. The zero-order chi connectivity index (χ0) is 12.4. The molecule has 0 amide bonds. The zero-order valence-electron chi connectivity index (χ0n) is 11.1. The first-order chi connectivity index (χ1) is 8.86. The quantitative estimate of drug-likeness (QED) is 0.901. The summed E-state index contributed by atoms with van der Waals surface area (Å²) in [6.07, 6.45) is 1.24. The van der Waals surface area contributed by atoms with Crippen molar-refractivity contribution in [1.82, 2.24) is 10.2 Å². The van der Waals surface area contributed by atoms with E-state index in [4.69, 9.17) is 0 Å². The van der Waals surface area contributed by atoms with Crippen molar-refractivity contribution < 1.29 is 0 Å². The number of nitrogens with one attached hydrogen (secondary N) is 1. The molecular formula is C15H22N2S. The van der Waals surface area contributed by atoms with Crippen LogP contribution in [0.25, 0.3) is 0 Å². The minimum absolute atomic E-state index is 0.697. The number of thioether (sulfide) groups is 1. The molecule has 2 atom stereocenters. The summed E-state index contributed by atoms with van der Waals surface area (Å²) in [6.45, 7) is 7.10. The lowest BCUT2D eigenvalue weighted by Crippen LogP contribution is -2.51. The van der Waals surface area contributed by atoms with E-state index in [1.807, 2.05) is 11.8 Å². The molecule has 2 nitrogen and oxygen atoms in total. The van der Waals surface area contributed by atoms with Crippen LogP contribution in [0.15, 0.2) is 29.2 Å². The molecule has 1 aromatic rings. The second-order valence-electron chi connectivity index (χ2n) is 5.36. The second kappa shape index (κ2) is 5.64. The van der Waals surface area contributed by atoms with E-state index >= 15 is 0 Å². The first-order valence-electron chi connectivity index (χ1n) is 7.04. The normalized spacial score (nSPS) is 28.3. The van der Waals surface area contributed by atoms with Gasteiger partial charge in [-0.3, -0.25) is 4.90 Å². The number of piperazine rings is 1. The first-order valence-corrected chi connectivity index (χ1v) is 8.03. The summed E-state index contributed by atoms with van der Waals surface area (Å²) in [5.41, 5.74) is 1.58. The number of benzene rings is 1. The maximum atomic E-state index is 3.60. The molecule has 1 saturated heterocycles. The number of hydrogen-bond donors (Lipinski definition) is 1. The molecule has 1 N–H and O–H groups in total. The van der Waals surface area contributed by atoms with Gasteiger partial charge in [0.15, 0.2) is 0 Å². The lowest BCUT2D eigenvalue weighted by molar-refractivity contribution is 0.190. The van der Waals surface area contributed by atoms with Crippen LogP contribution >= 0.6 is 11.8 Å². The summed E-state index contributed by atoms with van der Waals surface area (Å²) in [6, 6.07) is 9.63. The molecule has 98 valence electrons. The van der Waals surface area contributed by atoms with Crippen molar-refractivity contribution in [2.45, 2.75) is 30.2 Å². The smallest absolute Gasteiger partial charge is 0.0192 e. The maximum absolute atomic E-state index is 3.60. The van der Waals surface area contributed by atoms with Gasteiger partial charge in [-0.15, -0.1) is 11.8 Å². The van der Waals surface area contributed by atoms with Crippen LogP contribution in [0.2, 0.25) is 0 Å². The van der Waals surface area contributed by atoms with Crippen LogP contribution < -0.4 is 5.32 Å². The number of hydrogen-bond acceptors (Lipinski definition) is 3. The van der Waals surface area contributed by atoms with Crippen LogP contribution in [0.3, 0.4) is 0 Å². The van der Waals surface area contributed by atoms with Crippen LogP contribution in [0.5, 0.6) is 0 Å². The minimum atomic E-state index is 0.697. The van der Waals surface area contributed by atoms with E-state index in [2.05, 4.69) is 41.4 Å². The minimum Gasteiger partial charge on any atom is -0.311 e. The standard InChI is InChI=1S/C15H22N2S/c1-2-13-10-17(8-7-16-13)9-12-11-18-15-6-4-3-5-14(12)15/h3-6,12-13,16H,2,7-11H2,1H3. The molecule has 3 heteroatoms. The molecule has 0 aliphatic carbocycles. The van der Waals surface area contributed by atoms with E-state index in [0.717, 1.165) is 12.5 Å². The highest BCUT2D eigenvalue weighted by Crippen LogP contribution is 2.39. The van der Waals surface area contributed by atoms with Crippen molar-refractivity contribution in [2.75, 3.05) is 31.9 Å². The highest BCUT2D eigenvalue weighted by atomic mass is 32.2. The Labute approximate surface area is 114 Å². The van der Waals surface area contributed by atoms with Crippen LogP contribution in [0.4, 0.5) is 0 Å². The van der Waals surface area contributed by atoms with Gasteiger partial charge in [-0.05, 0) is 18.1 Å². The fourth-order valence-electron chi connectivity index (χ4n) is 3.03. The van der Waals surface area contributed by atoms with E-state index in [1.54, 1.807) is 5.56 Å². The fourth-order valence-corrected chi connectivity index (χ4v) is 4.27. The van der Waals surface area contributed by atoms with Gasteiger partial charge >= 0.3 is 0 Å². The zero-order valence-corrected chi connectivity index (χ0v) is 11.9. The molecule has 0 saturated carbocycles. The molecule has 0 radical (unpaired) electrons. The van der Waals surface area contributed by atoms with Gasteiger partial charge in [-0.1, -0.05) is 25.1 Å². The third-order valence-electron chi connectivity index (χ3n) is 4.11. The molecule has 0 aromatic heterocycles. The second-order valence-corrected chi connectivity index (χ2v) is 6.43. The third kappa shape index (κ3) is 2.58.